The van der Waals surface area contributed by atoms with Gasteiger partial charge in [-0.05, 0) is 122 Å². The maximum atomic E-state index is 11.4. The molecule has 0 bridgehead atoms. The molecular weight excluding hydrogens is 659 g/mol. The first kappa shape index (κ1) is 41.2. The van der Waals surface area contributed by atoms with Crippen LogP contribution in [0.15, 0.2) is 87.1 Å². The summed E-state index contributed by atoms with van der Waals surface area (Å²) >= 11 is 3.56. The summed E-state index contributed by atoms with van der Waals surface area (Å²) < 4.78 is 46.8. The predicted octanol–water partition coefficient (Wildman–Crippen LogP) is 8.18. The summed E-state index contributed by atoms with van der Waals surface area (Å²) in [5, 5.41) is 15.2. The van der Waals surface area contributed by atoms with E-state index in [9.17, 15) is 16.8 Å². The van der Waals surface area contributed by atoms with Gasteiger partial charge in [-0.1, -0.05) is 73.2 Å². The van der Waals surface area contributed by atoms with Crippen LogP contribution in [0.5, 0.6) is 0 Å². The lowest BCUT2D eigenvalue weighted by Gasteiger charge is -2.10. The van der Waals surface area contributed by atoms with E-state index in [-0.39, 0.29) is 14.9 Å². The Morgan fingerprint density at radius 2 is 0.841 bits per heavy atom. The molecule has 0 radical (unpaired) electrons. The maximum Gasteiger partial charge on any atom is 0.448 e. The smallest absolute Gasteiger partial charge is 0.427 e. The first-order chi connectivity index (χ1) is 19.3. The SMILES string of the molecule is C.C.CB(O)O.Cc1cc(Br)c(-c2ccc(S(C)(=O)=O)cc2)cc1C.Cc1cc(C)c(-c2ccc(S(C)(=O)=O)cc2)cc1C. The second kappa shape index (κ2) is 17.1. The van der Waals surface area contributed by atoms with Crippen molar-refractivity contribution in [2.24, 2.45) is 0 Å². The van der Waals surface area contributed by atoms with E-state index in [1.165, 1.54) is 47.2 Å². The Labute approximate surface area is 274 Å². The molecule has 0 atom stereocenters. The lowest BCUT2D eigenvalue weighted by atomic mass is 9.96. The number of hydrogen-bond donors (Lipinski definition) is 2. The van der Waals surface area contributed by atoms with Crippen LogP contribution in [-0.4, -0.2) is 46.5 Å². The fourth-order valence-electron chi connectivity index (χ4n) is 4.04. The van der Waals surface area contributed by atoms with Crippen molar-refractivity contribution in [1.29, 1.82) is 0 Å². The van der Waals surface area contributed by atoms with E-state index >= 15 is 0 Å². The van der Waals surface area contributed by atoms with Crippen molar-refractivity contribution in [3.63, 3.8) is 0 Å². The number of hydrogen-bond acceptors (Lipinski definition) is 6. The number of benzene rings is 4. The Hall–Kier alpha value is -2.76. The summed E-state index contributed by atoms with van der Waals surface area (Å²) in [5.41, 5.74) is 10.4. The fourth-order valence-corrected chi connectivity index (χ4v) is 5.98. The van der Waals surface area contributed by atoms with Crippen molar-refractivity contribution in [3.05, 3.63) is 105 Å². The predicted molar refractivity (Wildman–Crippen MR) is 191 cm³/mol. The molecule has 0 fully saturated rings. The average molecular weight is 706 g/mol. The van der Waals surface area contributed by atoms with Gasteiger partial charge in [-0.2, -0.15) is 0 Å². The van der Waals surface area contributed by atoms with Crippen molar-refractivity contribution in [1.82, 2.24) is 0 Å². The molecule has 0 aromatic heterocycles. The number of halogens is 1. The van der Waals surface area contributed by atoms with Gasteiger partial charge in [-0.3, -0.25) is 0 Å². The van der Waals surface area contributed by atoms with Crippen LogP contribution >= 0.6 is 15.9 Å². The maximum absolute atomic E-state index is 11.4. The van der Waals surface area contributed by atoms with Crippen molar-refractivity contribution < 1.29 is 26.9 Å². The monoisotopic (exact) mass is 704 g/mol. The van der Waals surface area contributed by atoms with Crippen LogP contribution in [-0.2, 0) is 19.7 Å². The van der Waals surface area contributed by atoms with E-state index in [1.54, 1.807) is 24.3 Å². The van der Waals surface area contributed by atoms with Gasteiger partial charge in [-0.15, -0.1) is 0 Å². The van der Waals surface area contributed by atoms with Gasteiger partial charge in [-0.25, -0.2) is 16.8 Å². The molecule has 0 saturated carbocycles. The fraction of sp³-hybridized carbons (Fsp3) is 0.294. The normalized spacial score (nSPS) is 10.6. The zero-order chi connectivity index (χ0) is 32.0. The number of aryl methyl sites for hydroxylation is 5. The molecule has 0 spiro atoms. The molecule has 4 rings (SSSR count). The van der Waals surface area contributed by atoms with E-state index in [4.69, 9.17) is 10.0 Å². The highest BCUT2D eigenvalue weighted by Gasteiger charge is 2.10. The van der Waals surface area contributed by atoms with Crippen molar-refractivity contribution in [3.8, 4) is 22.3 Å². The van der Waals surface area contributed by atoms with E-state index < -0.39 is 26.8 Å². The van der Waals surface area contributed by atoms with E-state index in [2.05, 4.69) is 74.8 Å². The van der Waals surface area contributed by atoms with Gasteiger partial charge in [0.25, 0.3) is 0 Å². The minimum Gasteiger partial charge on any atom is -0.427 e. The van der Waals surface area contributed by atoms with E-state index in [0.717, 1.165) is 26.7 Å². The molecule has 0 amide bonds. The highest BCUT2D eigenvalue weighted by molar-refractivity contribution is 9.10. The van der Waals surface area contributed by atoms with Crippen LogP contribution in [0, 0.1) is 34.6 Å². The third kappa shape index (κ3) is 12.0. The Kier molecular flexibility index (Phi) is 16.0. The summed E-state index contributed by atoms with van der Waals surface area (Å²) in [4.78, 5) is 0.703. The molecule has 240 valence electrons. The Morgan fingerprint density at radius 1 is 0.545 bits per heavy atom. The molecular formula is C34H46BBrO6S2. The van der Waals surface area contributed by atoms with E-state index in [1.807, 2.05) is 24.3 Å². The van der Waals surface area contributed by atoms with Gasteiger partial charge in [0.1, 0.15) is 0 Å². The summed E-state index contributed by atoms with van der Waals surface area (Å²) in [5.74, 6) is 0. The lowest BCUT2D eigenvalue weighted by molar-refractivity contribution is 0.417. The van der Waals surface area contributed by atoms with Crippen LogP contribution < -0.4 is 0 Å². The van der Waals surface area contributed by atoms with Crippen molar-refractivity contribution in [2.75, 3.05) is 12.5 Å². The summed E-state index contributed by atoms with van der Waals surface area (Å²) in [6, 6.07) is 22.5. The molecule has 0 aliphatic heterocycles. The first-order valence-corrected chi connectivity index (χ1v) is 17.7. The molecule has 0 saturated heterocycles. The summed E-state index contributed by atoms with van der Waals surface area (Å²) in [6.07, 6.45) is 2.44. The Bertz CT molecular complexity index is 1620. The van der Waals surface area contributed by atoms with Crippen LogP contribution in [0.4, 0.5) is 0 Å². The third-order valence-corrected chi connectivity index (χ3v) is 9.52. The Balaban J connectivity index is 0.000000720. The van der Waals surface area contributed by atoms with Gasteiger partial charge in [0.05, 0.1) is 9.79 Å². The highest BCUT2D eigenvalue weighted by Crippen LogP contribution is 2.31. The standard InChI is InChI=1S/C16H18O2S.C15H15BrO2S.CH5BO2.2CH4/c1-11-9-13(3)16(10-12(11)2)14-5-7-15(8-6-14)19(4,17)18;1-10-8-14(15(16)9-11(10)2)12-4-6-13(7-5-12)19(3,17)18;1-2(3)4;;/h5-10H,1-4H3;4-9H,1-3H3;3-4H,1H3;2*1H4. The quantitative estimate of drug-likeness (QED) is 0.208. The van der Waals surface area contributed by atoms with Crippen LogP contribution in [0.3, 0.4) is 0 Å². The first-order valence-electron chi connectivity index (χ1n) is 13.1. The van der Waals surface area contributed by atoms with Gasteiger partial charge in [0, 0.05) is 17.0 Å². The molecule has 10 heteroatoms. The average Bonchev–Trinajstić information content (AvgIpc) is 2.88. The molecule has 6 nitrogen and oxygen atoms in total. The lowest BCUT2D eigenvalue weighted by Crippen LogP contribution is -2.00. The van der Waals surface area contributed by atoms with Crippen LogP contribution in [0.25, 0.3) is 22.3 Å². The van der Waals surface area contributed by atoms with Gasteiger partial charge in [0.2, 0.25) is 0 Å². The second-order valence-electron chi connectivity index (χ2n) is 10.4. The molecule has 2 N–H and O–H groups in total. The summed E-state index contributed by atoms with van der Waals surface area (Å²) in [6.45, 7) is 11.7. The molecule has 0 aliphatic carbocycles. The number of sulfone groups is 2. The highest BCUT2D eigenvalue weighted by atomic mass is 79.9. The Morgan fingerprint density at radius 3 is 1.20 bits per heavy atom. The molecule has 0 aliphatic rings. The molecule has 0 unspecified atom stereocenters. The molecule has 44 heavy (non-hydrogen) atoms. The van der Waals surface area contributed by atoms with E-state index in [0.29, 0.717) is 9.79 Å². The minimum atomic E-state index is -3.14. The minimum absolute atomic E-state index is 0. The topological polar surface area (TPSA) is 109 Å². The summed E-state index contributed by atoms with van der Waals surface area (Å²) in [7, 11) is -7.43. The molecule has 4 aromatic rings. The molecule has 0 heterocycles. The van der Waals surface area contributed by atoms with Crippen molar-refractivity contribution >= 4 is 42.7 Å². The number of rotatable bonds is 4. The third-order valence-electron chi connectivity index (χ3n) is 6.61. The van der Waals surface area contributed by atoms with Crippen molar-refractivity contribution in [2.45, 2.75) is 66.1 Å². The molecule has 4 aromatic carbocycles. The zero-order valence-corrected chi connectivity index (χ0v) is 28.4. The van der Waals surface area contributed by atoms with Gasteiger partial charge >= 0.3 is 7.12 Å². The van der Waals surface area contributed by atoms with Crippen LogP contribution in [0.2, 0.25) is 6.82 Å². The van der Waals surface area contributed by atoms with Gasteiger partial charge < -0.3 is 10.0 Å². The second-order valence-corrected chi connectivity index (χ2v) is 15.3. The zero-order valence-electron chi connectivity index (χ0n) is 25.2. The van der Waals surface area contributed by atoms with Crippen LogP contribution in [0.1, 0.15) is 42.7 Å². The van der Waals surface area contributed by atoms with Gasteiger partial charge in [0.15, 0.2) is 19.7 Å². The largest absolute Gasteiger partial charge is 0.448 e.